The number of para-hydroxylation sites is 1. The lowest BCUT2D eigenvalue weighted by Gasteiger charge is -2.31. The van der Waals surface area contributed by atoms with Gasteiger partial charge in [-0.1, -0.05) is 12.1 Å². The van der Waals surface area contributed by atoms with Crippen LogP contribution in [0.4, 0.5) is 0 Å². The van der Waals surface area contributed by atoms with Gasteiger partial charge in [0.1, 0.15) is 10.5 Å². The SMILES string of the molecule is CCOc1ccccc1C(=O)N1CCC(CC(=O)NOC2CCCCO2)(c2ccc(Br)s2)S(=O)(=O)CC1. The number of hydroxylamine groups is 1. The fourth-order valence-electron chi connectivity index (χ4n) is 4.66. The molecule has 3 heterocycles. The molecule has 2 fully saturated rings. The van der Waals surface area contributed by atoms with Gasteiger partial charge in [-0.05, 0) is 66.4 Å². The number of nitrogens with zero attached hydrogens (tertiary/aromatic N) is 1. The molecule has 202 valence electrons. The van der Waals surface area contributed by atoms with Crippen LogP contribution in [-0.2, 0) is 29.0 Å². The second-order valence-electron chi connectivity index (χ2n) is 9.00. The topological polar surface area (TPSA) is 111 Å². The predicted octanol–water partition coefficient (Wildman–Crippen LogP) is 4.03. The van der Waals surface area contributed by atoms with Crippen LogP contribution in [0.2, 0.25) is 0 Å². The van der Waals surface area contributed by atoms with Crippen LogP contribution in [0.5, 0.6) is 5.75 Å². The van der Waals surface area contributed by atoms with Gasteiger partial charge in [0.05, 0.1) is 28.1 Å². The van der Waals surface area contributed by atoms with Crippen LogP contribution in [0.3, 0.4) is 0 Å². The maximum atomic E-state index is 13.8. The molecule has 2 amide bonds. The summed E-state index contributed by atoms with van der Waals surface area (Å²) in [6.45, 7) is 2.97. The zero-order chi connectivity index (χ0) is 26.5. The van der Waals surface area contributed by atoms with Crippen LogP contribution in [-0.4, -0.2) is 63.5 Å². The van der Waals surface area contributed by atoms with Gasteiger partial charge in [-0.3, -0.25) is 9.59 Å². The zero-order valence-electron chi connectivity index (χ0n) is 20.6. The maximum absolute atomic E-state index is 13.8. The van der Waals surface area contributed by atoms with Crippen LogP contribution in [0.15, 0.2) is 40.2 Å². The van der Waals surface area contributed by atoms with Gasteiger partial charge in [0.15, 0.2) is 16.1 Å². The second kappa shape index (κ2) is 12.2. The van der Waals surface area contributed by atoms with E-state index in [-0.39, 0.29) is 37.6 Å². The number of ether oxygens (including phenoxy) is 2. The number of carbonyl (C=O) groups is 2. The maximum Gasteiger partial charge on any atom is 0.257 e. The number of hydrogen-bond acceptors (Lipinski definition) is 8. The molecule has 2 atom stereocenters. The van der Waals surface area contributed by atoms with E-state index >= 15 is 0 Å². The number of rotatable bonds is 8. The molecule has 0 aliphatic carbocycles. The summed E-state index contributed by atoms with van der Waals surface area (Å²) in [6, 6.07) is 10.4. The summed E-state index contributed by atoms with van der Waals surface area (Å²) in [5.41, 5.74) is 2.79. The smallest absolute Gasteiger partial charge is 0.257 e. The number of thiophene rings is 1. The van der Waals surface area contributed by atoms with Crippen molar-refractivity contribution in [3.8, 4) is 5.75 Å². The van der Waals surface area contributed by atoms with Crippen LogP contribution >= 0.6 is 27.3 Å². The van der Waals surface area contributed by atoms with Gasteiger partial charge in [-0.2, -0.15) is 0 Å². The quantitative estimate of drug-likeness (QED) is 0.447. The van der Waals surface area contributed by atoms with Crippen LogP contribution in [0, 0.1) is 0 Å². The van der Waals surface area contributed by atoms with Crippen LogP contribution in [0.25, 0.3) is 0 Å². The Hall–Kier alpha value is -1.99. The molecule has 2 saturated heterocycles. The van der Waals surface area contributed by atoms with Crippen molar-refractivity contribution in [1.82, 2.24) is 10.4 Å². The second-order valence-corrected chi connectivity index (χ2v) is 13.9. The largest absolute Gasteiger partial charge is 0.493 e. The summed E-state index contributed by atoms with van der Waals surface area (Å²) >= 11 is 4.70. The third-order valence-corrected chi connectivity index (χ3v) is 11.1. The van der Waals surface area contributed by atoms with Gasteiger partial charge in [-0.15, -0.1) is 11.3 Å². The molecule has 1 aromatic carbocycles. The van der Waals surface area contributed by atoms with Gasteiger partial charge < -0.3 is 14.4 Å². The molecular formula is C25H31BrN2O7S2. The van der Waals surface area contributed by atoms with Crippen LogP contribution < -0.4 is 10.2 Å². The fraction of sp³-hybridized carbons (Fsp3) is 0.520. The van der Waals surface area contributed by atoms with Gasteiger partial charge in [0.25, 0.3) is 5.91 Å². The van der Waals surface area contributed by atoms with Crippen molar-refractivity contribution >= 4 is 48.9 Å². The molecule has 0 saturated carbocycles. The predicted molar refractivity (Wildman–Crippen MR) is 143 cm³/mol. The van der Waals surface area contributed by atoms with Crippen molar-refractivity contribution in [3.63, 3.8) is 0 Å². The van der Waals surface area contributed by atoms with E-state index in [1.165, 1.54) is 16.2 Å². The van der Waals surface area contributed by atoms with Gasteiger partial charge >= 0.3 is 0 Å². The molecular weight excluding hydrogens is 584 g/mol. The number of hydrogen-bond donors (Lipinski definition) is 1. The van der Waals surface area contributed by atoms with Crippen molar-refractivity contribution in [2.45, 2.75) is 50.1 Å². The van der Waals surface area contributed by atoms with Crippen molar-refractivity contribution in [1.29, 1.82) is 0 Å². The van der Waals surface area contributed by atoms with Crippen molar-refractivity contribution in [2.75, 3.05) is 32.1 Å². The van der Waals surface area contributed by atoms with Crippen molar-refractivity contribution < 1.29 is 32.3 Å². The van der Waals surface area contributed by atoms with E-state index < -0.39 is 26.8 Å². The van der Waals surface area contributed by atoms with E-state index in [2.05, 4.69) is 21.4 Å². The van der Waals surface area contributed by atoms with E-state index in [0.717, 1.165) is 16.6 Å². The monoisotopic (exact) mass is 614 g/mol. The lowest BCUT2D eigenvalue weighted by Crippen LogP contribution is -2.43. The summed E-state index contributed by atoms with van der Waals surface area (Å²) in [7, 11) is -3.85. The molecule has 0 radical (unpaired) electrons. The highest BCUT2D eigenvalue weighted by molar-refractivity contribution is 9.11. The molecule has 1 aromatic heterocycles. The summed E-state index contributed by atoms with van der Waals surface area (Å²) in [5, 5.41) is 0. The first-order valence-electron chi connectivity index (χ1n) is 12.3. The average Bonchev–Trinajstić information content (AvgIpc) is 3.28. The third-order valence-electron chi connectivity index (χ3n) is 6.63. The highest BCUT2D eigenvalue weighted by atomic mass is 79.9. The van der Waals surface area contributed by atoms with Gasteiger partial charge in [0, 0.05) is 31.0 Å². The van der Waals surface area contributed by atoms with Crippen LogP contribution in [0.1, 0.15) is 54.3 Å². The number of sulfone groups is 1. The fourth-order valence-corrected chi connectivity index (χ4v) is 8.64. The number of carbonyl (C=O) groups excluding carboxylic acids is 2. The minimum absolute atomic E-state index is 0.0178. The molecule has 0 spiro atoms. The van der Waals surface area contributed by atoms with E-state index in [1.54, 1.807) is 36.4 Å². The highest BCUT2D eigenvalue weighted by Crippen LogP contribution is 2.44. The lowest BCUT2D eigenvalue weighted by molar-refractivity contribution is -0.200. The van der Waals surface area contributed by atoms with E-state index in [1.807, 2.05) is 6.92 Å². The Bertz CT molecular complexity index is 1210. The zero-order valence-corrected chi connectivity index (χ0v) is 23.8. The molecule has 37 heavy (non-hydrogen) atoms. The first-order valence-corrected chi connectivity index (χ1v) is 15.6. The number of amides is 2. The van der Waals surface area contributed by atoms with E-state index in [0.29, 0.717) is 35.8 Å². The molecule has 4 rings (SSSR count). The first-order chi connectivity index (χ1) is 17.8. The summed E-state index contributed by atoms with van der Waals surface area (Å²) in [5.74, 6) is -0.671. The van der Waals surface area contributed by atoms with E-state index in [4.69, 9.17) is 14.3 Å². The Balaban J connectivity index is 1.58. The third kappa shape index (κ3) is 6.36. The molecule has 2 unspecified atom stereocenters. The molecule has 2 aromatic rings. The Labute approximate surface area is 229 Å². The van der Waals surface area contributed by atoms with Gasteiger partial charge in [-0.25, -0.2) is 18.7 Å². The Morgan fingerprint density at radius 2 is 2.03 bits per heavy atom. The summed E-state index contributed by atoms with van der Waals surface area (Å²) in [4.78, 5) is 34.0. The Morgan fingerprint density at radius 3 is 2.73 bits per heavy atom. The van der Waals surface area contributed by atoms with Crippen molar-refractivity contribution in [2.24, 2.45) is 0 Å². The Kier molecular flexibility index (Phi) is 9.28. The minimum Gasteiger partial charge on any atom is -0.493 e. The first kappa shape index (κ1) is 28.0. The van der Waals surface area contributed by atoms with Crippen molar-refractivity contribution in [3.05, 3.63) is 50.6 Å². The van der Waals surface area contributed by atoms with Gasteiger partial charge in [0.2, 0.25) is 5.91 Å². The highest BCUT2D eigenvalue weighted by Gasteiger charge is 2.50. The summed E-state index contributed by atoms with van der Waals surface area (Å²) in [6.07, 6.45) is 1.71. The average molecular weight is 616 g/mol. The molecule has 1 N–H and O–H groups in total. The number of benzene rings is 1. The number of nitrogens with one attached hydrogen (secondary N) is 1. The van der Waals surface area contributed by atoms with E-state index in [9.17, 15) is 18.0 Å². The summed E-state index contributed by atoms with van der Waals surface area (Å²) < 4.78 is 38.0. The standard InChI is InChI=1S/C25H31BrN2O7S2/c1-2-33-19-8-4-3-7-18(19)24(30)28-13-12-25(37(31,32)16-14-28,20-10-11-21(26)36-20)17-22(29)27-35-23-9-5-6-15-34-23/h3-4,7-8,10-11,23H,2,5-6,9,12-17H2,1H3,(H,27,29). The molecule has 2 aliphatic rings. The Morgan fingerprint density at radius 1 is 1.22 bits per heavy atom. The molecule has 0 bridgehead atoms. The molecule has 12 heteroatoms. The normalized spacial score (nSPS) is 23.7. The minimum atomic E-state index is -3.85. The number of halogens is 1. The molecule has 9 nitrogen and oxygen atoms in total. The molecule has 2 aliphatic heterocycles. The lowest BCUT2D eigenvalue weighted by atomic mass is 9.97.